The molecule has 0 atom stereocenters. The minimum atomic E-state index is 0.402. The van der Waals surface area contributed by atoms with Crippen LogP contribution in [-0.2, 0) is 6.61 Å². The Morgan fingerprint density at radius 3 is 2.56 bits per heavy atom. The maximum atomic E-state index is 6.01. The highest BCUT2D eigenvalue weighted by Crippen LogP contribution is 2.28. The molecule has 0 aliphatic carbocycles. The molecule has 0 radical (unpaired) electrons. The topological polar surface area (TPSA) is 35.2 Å². The lowest BCUT2D eigenvalue weighted by Crippen LogP contribution is -1.97. The van der Waals surface area contributed by atoms with Crippen molar-refractivity contribution in [1.82, 2.24) is 0 Å². The van der Waals surface area contributed by atoms with Crippen molar-refractivity contribution < 1.29 is 4.74 Å². The molecular formula is C13H10BrCl2NO. The molecule has 0 aliphatic rings. The number of ether oxygens (including phenoxy) is 1. The second-order valence-corrected chi connectivity index (χ2v) is 5.42. The van der Waals surface area contributed by atoms with E-state index in [0.717, 1.165) is 10.0 Å². The largest absolute Gasteiger partial charge is 0.487 e. The van der Waals surface area contributed by atoms with Gasteiger partial charge in [0.25, 0.3) is 0 Å². The lowest BCUT2D eigenvalue weighted by molar-refractivity contribution is 0.306. The minimum Gasteiger partial charge on any atom is -0.487 e. The average Bonchev–Trinajstić information content (AvgIpc) is 2.32. The predicted molar refractivity (Wildman–Crippen MR) is 79.3 cm³/mol. The standard InChI is InChI=1S/C13H10BrCl2NO/c14-10-3-1-8(5-12(10)17)7-18-13-4-2-9(15)6-11(13)16/h1-6H,7,17H2. The molecule has 2 aromatic carbocycles. The number of benzene rings is 2. The molecule has 0 aromatic heterocycles. The zero-order chi connectivity index (χ0) is 13.1. The molecule has 0 heterocycles. The molecule has 5 heteroatoms. The Bertz CT molecular complexity index is 575. The molecule has 0 bridgehead atoms. The van der Waals surface area contributed by atoms with Gasteiger partial charge in [0, 0.05) is 15.2 Å². The molecule has 2 nitrogen and oxygen atoms in total. The van der Waals surface area contributed by atoms with Gasteiger partial charge in [-0.1, -0.05) is 29.3 Å². The van der Waals surface area contributed by atoms with Crippen LogP contribution in [0.3, 0.4) is 0 Å². The van der Waals surface area contributed by atoms with Crippen molar-refractivity contribution in [2.45, 2.75) is 6.61 Å². The van der Waals surface area contributed by atoms with Gasteiger partial charge in [0.15, 0.2) is 0 Å². The van der Waals surface area contributed by atoms with Crippen molar-refractivity contribution in [3.05, 3.63) is 56.5 Å². The van der Waals surface area contributed by atoms with Gasteiger partial charge in [-0.3, -0.25) is 0 Å². The predicted octanol–water partition coefficient (Wildman–Crippen LogP) is 4.92. The molecule has 0 saturated heterocycles. The van der Waals surface area contributed by atoms with E-state index in [-0.39, 0.29) is 0 Å². The maximum Gasteiger partial charge on any atom is 0.138 e. The van der Waals surface area contributed by atoms with Crippen molar-refractivity contribution in [3.8, 4) is 5.75 Å². The van der Waals surface area contributed by atoms with E-state index in [4.69, 9.17) is 33.7 Å². The van der Waals surface area contributed by atoms with Crippen LogP contribution in [-0.4, -0.2) is 0 Å². The van der Waals surface area contributed by atoms with Gasteiger partial charge in [0.2, 0.25) is 0 Å². The van der Waals surface area contributed by atoms with Crippen LogP contribution in [0.25, 0.3) is 0 Å². The number of rotatable bonds is 3. The Labute approximate surface area is 124 Å². The van der Waals surface area contributed by atoms with Crippen molar-refractivity contribution in [3.63, 3.8) is 0 Å². The Balaban J connectivity index is 2.09. The molecule has 0 unspecified atom stereocenters. The Morgan fingerprint density at radius 2 is 1.89 bits per heavy atom. The van der Waals surface area contributed by atoms with Gasteiger partial charge in [-0.25, -0.2) is 0 Å². The number of nitrogen functional groups attached to an aromatic ring is 1. The highest BCUT2D eigenvalue weighted by molar-refractivity contribution is 9.10. The summed E-state index contributed by atoms with van der Waals surface area (Å²) in [6.07, 6.45) is 0. The summed E-state index contributed by atoms with van der Waals surface area (Å²) in [5, 5.41) is 1.08. The van der Waals surface area contributed by atoms with E-state index >= 15 is 0 Å². The fraction of sp³-hybridized carbons (Fsp3) is 0.0769. The first-order valence-electron chi connectivity index (χ1n) is 5.18. The quantitative estimate of drug-likeness (QED) is 0.801. The van der Waals surface area contributed by atoms with Gasteiger partial charge >= 0.3 is 0 Å². The summed E-state index contributed by atoms with van der Waals surface area (Å²) in [7, 11) is 0. The Kier molecular flexibility index (Phi) is 4.38. The summed E-state index contributed by atoms with van der Waals surface area (Å²) in [4.78, 5) is 0. The van der Waals surface area contributed by atoms with Gasteiger partial charge < -0.3 is 10.5 Å². The lowest BCUT2D eigenvalue weighted by atomic mass is 10.2. The van der Waals surface area contributed by atoms with Crippen LogP contribution in [0, 0.1) is 0 Å². The van der Waals surface area contributed by atoms with E-state index in [9.17, 15) is 0 Å². The summed E-state index contributed by atoms with van der Waals surface area (Å²) in [6.45, 7) is 0.402. The first-order valence-corrected chi connectivity index (χ1v) is 6.73. The number of hydrogen-bond donors (Lipinski definition) is 1. The third-order valence-electron chi connectivity index (χ3n) is 2.35. The molecule has 0 saturated carbocycles. The molecule has 2 N–H and O–H groups in total. The Morgan fingerprint density at radius 1 is 1.11 bits per heavy atom. The van der Waals surface area contributed by atoms with Crippen molar-refractivity contribution in [2.75, 3.05) is 5.73 Å². The average molecular weight is 347 g/mol. The second-order valence-electron chi connectivity index (χ2n) is 3.72. The monoisotopic (exact) mass is 345 g/mol. The number of nitrogens with two attached hydrogens (primary N) is 1. The van der Waals surface area contributed by atoms with E-state index in [1.54, 1.807) is 18.2 Å². The molecule has 18 heavy (non-hydrogen) atoms. The SMILES string of the molecule is Nc1cc(COc2ccc(Cl)cc2Cl)ccc1Br. The van der Waals surface area contributed by atoms with Gasteiger partial charge in [-0.2, -0.15) is 0 Å². The van der Waals surface area contributed by atoms with E-state index in [1.165, 1.54) is 0 Å². The lowest BCUT2D eigenvalue weighted by Gasteiger charge is -2.09. The summed E-state index contributed by atoms with van der Waals surface area (Å²) in [6, 6.07) is 10.8. The summed E-state index contributed by atoms with van der Waals surface area (Å²) < 4.78 is 6.48. The van der Waals surface area contributed by atoms with Crippen LogP contribution in [0.2, 0.25) is 10.0 Å². The van der Waals surface area contributed by atoms with Crippen LogP contribution in [0.4, 0.5) is 5.69 Å². The van der Waals surface area contributed by atoms with Gasteiger partial charge in [-0.05, 0) is 51.8 Å². The van der Waals surface area contributed by atoms with E-state index in [0.29, 0.717) is 28.1 Å². The van der Waals surface area contributed by atoms with E-state index in [2.05, 4.69) is 15.9 Å². The second kappa shape index (κ2) is 5.83. The third kappa shape index (κ3) is 3.31. The summed E-state index contributed by atoms with van der Waals surface area (Å²) in [5.41, 5.74) is 7.45. The number of hydrogen-bond acceptors (Lipinski definition) is 2. The Hall–Kier alpha value is -0.900. The van der Waals surface area contributed by atoms with Crippen molar-refractivity contribution in [2.24, 2.45) is 0 Å². The third-order valence-corrected chi connectivity index (χ3v) is 3.60. The minimum absolute atomic E-state index is 0.402. The van der Waals surface area contributed by atoms with Crippen LogP contribution < -0.4 is 10.5 Å². The molecule has 94 valence electrons. The fourth-order valence-electron chi connectivity index (χ4n) is 1.44. The van der Waals surface area contributed by atoms with Crippen molar-refractivity contribution in [1.29, 1.82) is 0 Å². The first-order chi connectivity index (χ1) is 8.56. The highest BCUT2D eigenvalue weighted by Gasteiger charge is 2.04. The number of halogens is 3. The molecule has 2 rings (SSSR count). The van der Waals surface area contributed by atoms with Crippen LogP contribution in [0.15, 0.2) is 40.9 Å². The summed E-state index contributed by atoms with van der Waals surface area (Å²) >= 11 is 15.2. The van der Waals surface area contributed by atoms with Gasteiger partial charge in [0.1, 0.15) is 12.4 Å². The molecule has 0 aliphatic heterocycles. The van der Waals surface area contributed by atoms with Gasteiger partial charge in [0.05, 0.1) is 5.02 Å². The molecular weight excluding hydrogens is 337 g/mol. The van der Waals surface area contributed by atoms with E-state index < -0.39 is 0 Å². The summed E-state index contributed by atoms with van der Waals surface area (Å²) in [5.74, 6) is 0.600. The normalized spacial score (nSPS) is 10.4. The van der Waals surface area contributed by atoms with E-state index in [1.807, 2.05) is 18.2 Å². The molecule has 0 amide bonds. The van der Waals surface area contributed by atoms with Crippen LogP contribution >= 0.6 is 39.1 Å². The fourth-order valence-corrected chi connectivity index (χ4v) is 2.15. The highest BCUT2D eigenvalue weighted by atomic mass is 79.9. The van der Waals surface area contributed by atoms with Crippen LogP contribution in [0.5, 0.6) is 5.75 Å². The van der Waals surface area contributed by atoms with Crippen molar-refractivity contribution >= 4 is 44.8 Å². The van der Waals surface area contributed by atoms with Crippen LogP contribution in [0.1, 0.15) is 5.56 Å². The first kappa shape index (κ1) is 13.5. The molecule has 0 fully saturated rings. The zero-order valence-electron chi connectivity index (χ0n) is 9.29. The zero-order valence-corrected chi connectivity index (χ0v) is 12.4. The molecule has 0 spiro atoms. The smallest absolute Gasteiger partial charge is 0.138 e. The number of anilines is 1. The maximum absolute atomic E-state index is 6.01. The van der Waals surface area contributed by atoms with Gasteiger partial charge in [-0.15, -0.1) is 0 Å². The molecule has 2 aromatic rings.